The SMILES string of the molecule is CC(=O)N1CC(=O)c2cc(Br)n(C)c2C1. The molecule has 0 fully saturated rings. The molecule has 0 aliphatic carbocycles. The van der Waals surface area contributed by atoms with Crippen molar-refractivity contribution >= 4 is 27.6 Å². The number of carbonyl (C=O) groups excluding carboxylic acids is 2. The smallest absolute Gasteiger partial charge is 0.220 e. The summed E-state index contributed by atoms with van der Waals surface area (Å²) >= 11 is 3.37. The Morgan fingerprint density at radius 1 is 1.47 bits per heavy atom. The lowest BCUT2D eigenvalue weighted by molar-refractivity contribution is -0.129. The molecule has 0 spiro atoms. The van der Waals surface area contributed by atoms with E-state index in [1.165, 1.54) is 6.92 Å². The molecule has 1 aromatic heterocycles. The summed E-state index contributed by atoms with van der Waals surface area (Å²) < 4.78 is 2.76. The number of ketones is 1. The Morgan fingerprint density at radius 2 is 2.13 bits per heavy atom. The molecule has 0 saturated heterocycles. The van der Waals surface area contributed by atoms with E-state index < -0.39 is 0 Å². The van der Waals surface area contributed by atoms with Crippen LogP contribution in [0.1, 0.15) is 23.0 Å². The molecule has 4 nitrogen and oxygen atoms in total. The second-order valence-corrected chi connectivity index (χ2v) is 4.50. The van der Waals surface area contributed by atoms with Gasteiger partial charge in [0.15, 0.2) is 5.78 Å². The van der Waals surface area contributed by atoms with Crippen molar-refractivity contribution in [3.63, 3.8) is 0 Å². The van der Waals surface area contributed by atoms with Crippen molar-refractivity contribution in [3.8, 4) is 0 Å². The minimum Gasteiger partial charge on any atom is -0.340 e. The zero-order valence-corrected chi connectivity index (χ0v) is 10.2. The van der Waals surface area contributed by atoms with Gasteiger partial charge in [0, 0.05) is 25.2 Å². The van der Waals surface area contributed by atoms with E-state index in [9.17, 15) is 9.59 Å². The van der Waals surface area contributed by atoms with E-state index in [1.807, 2.05) is 17.7 Å². The highest BCUT2D eigenvalue weighted by Gasteiger charge is 2.27. The molecule has 2 heterocycles. The van der Waals surface area contributed by atoms with Crippen LogP contribution in [0.4, 0.5) is 0 Å². The van der Waals surface area contributed by atoms with Crippen molar-refractivity contribution < 1.29 is 9.59 Å². The van der Waals surface area contributed by atoms with Gasteiger partial charge in [0.2, 0.25) is 5.91 Å². The van der Waals surface area contributed by atoms with Crippen LogP contribution in [0.3, 0.4) is 0 Å². The summed E-state index contributed by atoms with van der Waals surface area (Å²) in [5.41, 5.74) is 1.62. The predicted octanol–water partition coefficient (Wildman–Crippen LogP) is 1.33. The largest absolute Gasteiger partial charge is 0.340 e. The third-order valence-electron chi connectivity index (χ3n) is 2.72. The number of hydrogen-bond donors (Lipinski definition) is 0. The van der Waals surface area contributed by atoms with Crippen LogP contribution >= 0.6 is 15.9 Å². The molecule has 0 aromatic carbocycles. The van der Waals surface area contributed by atoms with Crippen molar-refractivity contribution in [2.45, 2.75) is 13.5 Å². The van der Waals surface area contributed by atoms with E-state index in [4.69, 9.17) is 0 Å². The van der Waals surface area contributed by atoms with Gasteiger partial charge >= 0.3 is 0 Å². The maximum Gasteiger partial charge on any atom is 0.220 e. The first kappa shape index (κ1) is 10.4. The highest BCUT2D eigenvalue weighted by molar-refractivity contribution is 9.10. The molecule has 0 N–H and O–H groups in total. The number of halogens is 1. The lowest BCUT2D eigenvalue weighted by Crippen LogP contribution is -2.38. The summed E-state index contributed by atoms with van der Waals surface area (Å²) in [5.74, 6) is -0.0564. The Hall–Kier alpha value is -1.10. The average molecular weight is 271 g/mol. The van der Waals surface area contributed by atoms with E-state index in [0.29, 0.717) is 6.54 Å². The molecule has 0 atom stereocenters. The Kier molecular flexibility index (Phi) is 2.42. The monoisotopic (exact) mass is 270 g/mol. The molecule has 80 valence electrons. The summed E-state index contributed by atoms with van der Waals surface area (Å²) in [6.45, 7) is 2.19. The third kappa shape index (κ3) is 1.61. The van der Waals surface area contributed by atoms with E-state index in [1.54, 1.807) is 4.90 Å². The molecular formula is C10H11BrN2O2. The topological polar surface area (TPSA) is 42.3 Å². The average Bonchev–Trinajstić information content (AvgIpc) is 2.45. The van der Waals surface area contributed by atoms with Crippen LogP contribution in [0, 0.1) is 0 Å². The summed E-state index contributed by atoms with van der Waals surface area (Å²) in [6, 6.07) is 1.81. The molecule has 15 heavy (non-hydrogen) atoms. The first-order chi connectivity index (χ1) is 7.00. The summed E-state index contributed by atoms with van der Waals surface area (Å²) in [6.07, 6.45) is 0. The first-order valence-electron chi connectivity index (χ1n) is 4.63. The van der Waals surface area contributed by atoms with Gasteiger partial charge in [-0.15, -0.1) is 0 Å². The molecule has 0 unspecified atom stereocenters. The van der Waals surface area contributed by atoms with E-state index >= 15 is 0 Å². The molecule has 1 aliphatic heterocycles. The van der Waals surface area contributed by atoms with Crippen molar-refractivity contribution in [2.24, 2.45) is 7.05 Å². The number of hydrogen-bond acceptors (Lipinski definition) is 2. The maximum absolute atomic E-state index is 11.7. The number of rotatable bonds is 0. The number of nitrogens with zero attached hydrogens (tertiary/aromatic N) is 2. The van der Waals surface area contributed by atoms with Crippen molar-refractivity contribution in [2.75, 3.05) is 6.54 Å². The van der Waals surface area contributed by atoms with Gasteiger partial charge < -0.3 is 9.47 Å². The predicted molar refractivity (Wildman–Crippen MR) is 58.5 cm³/mol. The highest BCUT2D eigenvalue weighted by atomic mass is 79.9. The van der Waals surface area contributed by atoms with E-state index in [-0.39, 0.29) is 18.2 Å². The normalized spacial score (nSPS) is 15.4. The van der Waals surface area contributed by atoms with Gasteiger partial charge in [-0.25, -0.2) is 0 Å². The van der Waals surface area contributed by atoms with Gasteiger partial charge in [-0.1, -0.05) is 0 Å². The number of carbonyl (C=O) groups is 2. The summed E-state index contributed by atoms with van der Waals surface area (Å²) in [5, 5.41) is 0. The number of Topliss-reactive ketones (excluding diaryl/α,β-unsaturated/α-hetero) is 1. The van der Waals surface area contributed by atoms with Crippen LogP contribution < -0.4 is 0 Å². The number of fused-ring (bicyclic) bond motifs is 1. The van der Waals surface area contributed by atoms with Crippen molar-refractivity contribution in [1.82, 2.24) is 9.47 Å². The third-order valence-corrected chi connectivity index (χ3v) is 3.48. The summed E-state index contributed by atoms with van der Waals surface area (Å²) in [7, 11) is 1.87. The molecule has 1 aromatic rings. The van der Waals surface area contributed by atoms with E-state index in [0.717, 1.165) is 15.9 Å². The standard InChI is InChI=1S/C10H11BrN2O2/c1-6(14)13-4-8-7(9(15)5-13)3-10(11)12(8)2/h3H,4-5H2,1-2H3. The van der Waals surface area contributed by atoms with Gasteiger partial charge in [-0.05, 0) is 22.0 Å². The van der Waals surface area contributed by atoms with Gasteiger partial charge in [0.1, 0.15) is 0 Å². The van der Waals surface area contributed by atoms with Gasteiger partial charge in [0.25, 0.3) is 0 Å². The van der Waals surface area contributed by atoms with Crippen molar-refractivity contribution in [3.05, 3.63) is 21.9 Å². The molecule has 5 heteroatoms. The van der Waals surface area contributed by atoms with Crippen LogP contribution in [0.2, 0.25) is 0 Å². The Labute approximate surface area is 96.0 Å². The molecule has 0 saturated carbocycles. The number of amides is 1. The molecular weight excluding hydrogens is 260 g/mol. The zero-order valence-electron chi connectivity index (χ0n) is 8.58. The van der Waals surface area contributed by atoms with Crippen LogP contribution in [0.15, 0.2) is 10.7 Å². The second kappa shape index (κ2) is 3.48. The Balaban J connectivity index is 2.46. The van der Waals surface area contributed by atoms with Gasteiger partial charge in [0.05, 0.1) is 17.7 Å². The van der Waals surface area contributed by atoms with Crippen LogP contribution in [-0.4, -0.2) is 27.7 Å². The highest BCUT2D eigenvalue weighted by Crippen LogP contribution is 2.25. The van der Waals surface area contributed by atoms with Gasteiger partial charge in [-0.3, -0.25) is 9.59 Å². The van der Waals surface area contributed by atoms with Crippen LogP contribution in [0.5, 0.6) is 0 Å². The molecule has 1 amide bonds. The molecule has 2 rings (SSSR count). The molecule has 1 aliphatic rings. The molecule has 0 radical (unpaired) electrons. The minimum absolute atomic E-state index is 0.00718. The first-order valence-corrected chi connectivity index (χ1v) is 5.43. The lowest BCUT2D eigenvalue weighted by Gasteiger charge is -2.25. The lowest BCUT2D eigenvalue weighted by atomic mass is 10.1. The molecule has 0 bridgehead atoms. The fourth-order valence-electron chi connectivity index (χ4n) is 1.76. The van der Waals surface area contributed by atoms with Crippen LogP contribution in [0.25, 0.3) is 0 Å². The van der Waals surface area contributed by atoms with E-state index in [2.05, 4.69) is 15.9 Å². The fraction of sp³-hybridized carbons (Fsp3) is 0.400. The fourth-order valence-corrected chi connectivity index (χ4v) is 2.20. The number of aromatic nitrogens is 1. The quantitative estimate of drug-likeness (QED) is 0.714. The Morgan fingerprint density at radius 3 is 2.73 bits per heavy atom. The van der Waals surface area contributed by atoms with Crippen LogP contribution in [-0.2, 0) is 18.4 Å². The zero-order chi connectivity index (χ0) is 11.2. The summed E-state index contributed by atoms with van der Waals surface area (Å²) in [4.78, 5) is 24.5. The minimum atomic E-state index is -0.0636. The Bertz CT molecular complexity index is 451. The maximum atomic E-state index is 11.7. The second-order valence-electron chi connectivity index (χ2n) is 3.68. The van der Waals surface area contributed by atoms with Crippen molar-refractivity contribution in [1.29, 1.82) is 0 Å². The van der Waals surface area contributed by atoms with Gasteiger partial charge in [-0.2, -0.15) is 0 Å².